The van der Waals surface area contributed by atoms with E-state index in [1.165, 1.54) is 4.57 Å². The van der Waals surface area contributed by atoms with Crippen LogP contribution in [0.3, 0.4) is 0 Å². The molecule has 4 heteroatoms. The molecule has 1 aromatic carbocycles. The summed E-state index contributed by atoms with van der Waals surface area (Å²) in [6.45, 7) is 2.85. The quantitative estimate of drug-likeness (QED) is 0.749. The molecule has 0 aliphatic carbocycles. The van der Waals surface area contributed by atoms with E-state index in [2.05, 4.69) is 0 Å². The van der Waals surface area contributed by atoms with E-state index in [0.717, 1.165) is 5.56 Å². The van der Waals surface area contributed by atoms with Crippen LogP contribution in [-0.2, 0) is 6.54 Å². The number of hydrogen-bond donors (Lipinski definition) is 0. The minimum Gasteiger partial charge on any atom is -0.335 e. The molecule has 2 aromatic rings. The Morgan fingerprint density at radius 3 is 2.16 bits per heavy atom. The summed E-state index contributed by atoms with van der Waals surface area (Å²) in [7, 11) is 0. The lowest BCUT2D eigenvalue weighted by molar-refractivity contribution is -0.140. The number of alkyl halides is 3. The summed E-state index contributed by atoms with van der Waals surface area (Å²) in [4.78, 5) is 0. The molecule has 0 radical (unpaired) electrons. The Hall–Kier alpha value is -1.71. The Morgan fingerprint density at radius 2 is 1.63 bits per heavy atom. The lowest BCUT2D eigenvalue weighted by Gasteiger charge is -2.17. The van der Waals surface area contributed by atoms with Gasteiger partial charge in [0.25, 0.3) is 0 Å². The van der Waals surface area contributed by atoms with E-state index in [0.29, 0.717) is 11.4 Å². The SMILES string of the molecule is CC(C)c1ccc(-c2ccccc2)n1CC(F)(F)F. The Kier molecular flexibility index (Phi) is 3.69. The van der Waals surface area contributed by atoms with Gasteiger partial charge >= 0.3 is 6.18 Å². The third-order valence-corrected chi connectivity index (χ3v) is 3.01. The van der Waals surface area contributed by atoms with Crippen molar-refractivity contribution in [2.24, 2.45) is 0 Å². The molecule has 0 spiro atoms. The van der Waals surface area contributed by atoms with Gasteiger partial charge in [-0.3, -0.25) is 0 Å². The number of hydrogen-bond acceptors (Lipinski definition) is 0. The summed E-state index contributed by atoms with van der Waals surface area (Å²) in [5.74, 6) is 0.0554. The second kappa shape index (κ2) is 5.11. The molecule has 0 atom stereocenters. The molecule has 1 aromatic heterocycles. The van der Waals surface area contributed by atoms with E-state index >= 15 is 0 Å². The fourth-order valence-electron chi connectivity index (χ4n) is 2.20. The maximum Gasteiger partial charge on any atom is 0.406 e. The predicted molar refractivity (Wildman–Crippen MR) is 70.0 cm³/mol. The number of benzene rings is 1. The summed E-state index contributed by atoms with van der Waals surface area (Å²) >= 11 is 0. The van der Waals surface area contributed by atoms with Gasteiger partial charge in [0.2, 0.25) is 0 Å². The molecule has 0 aliphatic rings. The van der Waals surface area contributed by atoms with Gasteiger partial charge in [-0.1, -0.05) is 44.2 Å². The molecule has 19 heavy (non-hydrogen) atoms. The highest BCUT2D eigenvalue weighted by atomic mass is 19.4. The van der Waals surface area contributed by atoms with Gasteiger partial charge in [0.15, 0.2) is 0 Å². The van der Waals surface area contributed by atoms with Crippen molar-refractivity contribution in [2.75, 3.05) is 0 Å². The third kappa shape index (κ3) is 3.19. The van der Waals surface area contributed by atoms with Gasteiger partial charge in [-0.15, -0.1) is 0 Å². The molecule has 0 unspecified atom stereocenters. The van der Waals surface area contributed by atoms with E-state index in [4.69, 9.17) is 0 Å². The molecule has 0 N–H and O–H groups in total. The first kappa shape index (κ1) is 13.7. The minimum atomic E-state index is -4.22. The molecule has 0 amide bonds. The van der Waals surface area contributed by atoms with Crippen molar-refractivity contribution >= 4 is 0 Å². The smallest absolute Gasteiger partial charge is 0.335 e. The van der Waals surface area contributed by atoms with Crippen LogP contribution in [0.4, 0.5) is 13.2 Å². The van der Waals surface area contributed by atoms with Gasteiger partial charge in [0.1, 0.15) is 6.54 Å². The molecule has 0 saturated heterocycles. The fraction of sp³-hybridized carbons (Fsp3) is 0.333. The highest BCUT2D eigenvalue weighted by Gasteiger charge is 2.30. The van der Waals surface area contributed by atoms with E-state index < -0.39 is 12.7 Å². The molecule has 0 fully saturated rings. The minimum absolute atomic E-state index is 0.0554. The van der Waals surface area contributed by atoms with Crippen LogP contribution in [0.5, 0.6) is 0 Å². The second-order valence-corrected chi connectivity index (χ2v) is 4.87. The van der Waals surface area contributed by atoms with Crippen LogP contribution in [0.1, 0.15) is 25.5 Å². The van der Waals surface area contributed by atoms with Crippen molar-refractivity contribution in [3.05, 3.63) is 48.2 Å². The van der Waals surface area contributed by atoms with Gasteiger partial charge < -0.3 is 4.57 Å². The highest BCUT2D eigenvalue weighted by Crippen LogP contribution is 2.30. The molecule has 2 rings (SSSR count). The van der Waals surface area contributed by atoms with Crippen molar-refractivity contribution in [3.63, 3.8) is 0 Å². The first-order valence-corrected chi connectivity index (χ1v) is 6.20. The van der Waals surface area contributed by atoms with E-state index in [1.807, 2.05) is 44.2 Å². The van der Waals surface area contributed by atoms with Gasteiger partial charge in [-0.2, -0.15) is 13.2 Å². The van der Waals surface area contributed by atoms with E-state index in [1.54, 1.807) is 12.1 Å². The van der Waals surface area contributed by atoms with Crippen molar-refractivity contribution in [1.29, 1.82) is 0 Å². The number of nitrogens with zero attached hydrogens (tertiary/aromatic N) is 1. The van der Waals surface area contributed by atoms with Crippen LogP contribution in [0.15, 0.2) is 42.5 Å². The van der Waals surface area contributed by atoms with Crippen LogP contribution in [0.25, 0.3) is 11.3 Å². The maximum absolute atomic E-state index is 12.7. The first-order valence-electron chi connectivity index (χ1n) is 6.20. The van der Waals surface area contributed by atoms with Crippen molar-refractivity contribution in [2.45, 2.75) is 32.5 Å². The summed E-state index contributed by atoms with van der Waals surface area (Å²) in [6.07, 6.45) is -4.22. The molecular formula is C15H16F3N. The van der Waals surface area contributed by atoms with Crippen molar-refractivity contribution in [3.8, 4) is 11.3 Å². The monoisotopic (exact) mass is 267 g/mol. The van der Waals surface area contributed by atoms with Crippen LogP contribution in [0.2, 0.25) is 0 Å². The zero-order valence-corrected chi connectivity index (χ0v) is 10.9. The average molecular weight is 267 g/mol. The van der Waals surface area contributed by atoms with Gasteiger partial charge in [0, 0.05) is 11.4 Å². The van der Waals surface area contributed by atoms with Crippen LogP contribution in [-0.4, -0.2) is 10.7 Å². The Balaban J connectivity index is 2.50. The fourth-order valence-corrected chi connectivity index (χ4v) is 2.20. The van der Waals surface area contributed by atoms with Crippen LogP contribution < -0.4 is 0 Å². The predicted octanol–water partition coefficient (Wildman–Crippen LogP) is 4.84. The average Bonchev–Trinajstić information content (AvgIpc) is 2.71. The molecule has 102 valence electrons. The highest BCUT2D eigenvalue weighted by molar-refractivity contribution is 5.61. The first-order chi connectivity index (χ1) is 8.88. The number of halogens is 3. The third-order valence-electron chi connectivity index (χ3n) is 3.01. The van der Waals surface area contributed by atoms with Crippen molar-refractivity contribution in [1.82, 2.24) is 4.57 Å². The van der Waals surface area contributed by atoms with Gasteiger partial charge in [0.05, 0.1) is 0 Å². The normalized spacial score (nSPS) is 12.1. The molecular weight excluding hydrogens is 251 g/mol. The molecule has 1 heterocycles. The summed E-state index contributed by atoms with van der Waals surface area (Å²) < 4.78 is 39.6. The van der Waals surface area contributed by atoms with Gasteiger partial charge in [-0.05, 0) is 23.6 Å². The zero-order valence-electron chi connectivity index (χ0n) is 10.9. The lowest BCUT2D eigenvalue weighted by Crippen LogP contribution is -2.20. The largest absolute Gasteiger partial charge is 0.406 e. The van der Waals surface area contributed by atoms with E-state index in [-0.39, 0.29) is 5.92 Å². The summed E-state index contributed by atoms with van der Waals surface area (Å²) in [6, 6.07) is 12.7. The molecule has 0 aliphatic heterocycles. The standard InChI is InChI=1S/C15H16F3N/c1-11(2)13-8-9-14(12-6-4-3-5-7-12)19(13)10-15(16,17)18/h3-9,11H,10H2,1-2H3. The Morgan fingerprint density at radius 1 is 1.00 bits per heavy atom. The zero-order chi connectivity index (χ0) is 14.0. The van der Waals surface area contributed by atoms with Crippen molar-refractivity contribution < 1.29 is 13.2 Å². The van der Waals surface area contributed by atoms with Crippen LogP contribution >= 0.6 is 0 Å². The number of aromatic nitrogens is 1. The van der Waals surface area contributed by atoms with E-state index in [9.17, 15) is 13.2 Å². The van der Waals surface area contributed by atoms with Gasteiger partial charge in [-0.25, -0.2) is 0 Å². The topological polar surface area (TPSA) is 4.93 Å². The number of rotatable bonds is 3. The Labute approximate surface area is 110 Å². The summed E-state index contributed by atoms with van der Waals surface area (Å²) in [5, 5.41) is 0. The maximum atomic E-state index is 12.7. The Bertz CT molecular complexity index is 538. The molecule has 0 saturated carbocycles. The van der Waals surface area contributed by atoms with Crippen LogP contribution in [0, 0.1) is 0 Å². The second-order valence-electron chi connectivity index (χ2n) is 4.87. The summed E-state index contributed by atoms with van der Waals surface area (Å²) in [5.41, 5.74) is 2.12. The molecule has 0 bridgehead atoms. The molecule has 1 nitrogen and oxygen atoms in total. The lowest BCUT2D eigenvalue weighted by atomic mass is 10.1.